The molecular formula is C7H8ClNOS. The molecular weight excluding hydrogens is 182 g/mol. The van der Waals surface area contributed by atoms with Crippen LogP contribution in [0.3, 0.4) is 0 Å². The van der Waals surface area contributed by atoms with Crippen LogP contribution in [-0.4, -0.2) is 19.4 Å². The van der Waals surface area contributed by atoms with Gasteiger partial charge in [0.15, 0.2) is 5.78 Å². The maximum atomic E-state index is 11.2. The van der Waals surface area contributed by atoms with Gasteiger partial charge in [0.2, 0.25) is 0 Å². The summed E-state index contributed by atoms with van der Waals surface area (Å²) >= 11 is 7.17. The number of halogens is 1. The number of Topliss-reactive ketones (excluding diaryl/α,β-unsaturated/α-hetero) is 1. The predicted molar refractivity (Wildman–Crippen MR) is 47.6 cm³/mol. The topological polar surface area (TPSA) is 29.1 Å². The molecule has 1 rings (SSSR count). The highest BCUT2D eigenvalue weighted by molar-refractivity contribution is 7.08. The Morgan fingerprint density at radius 3 is 2.91 bits per heavy atom. The number of hydrogen-bond acceptors (Lipinski definition) is 3. The van der Waals surface area contributed by atoms with E-state index in [0.717, 1.165) is 0 Å². The zero-order valence-electron chi connectivity index (χ0n) is 6.06. The molecule has 1 N–H and O–H groups in total. The number of hydrogen-bond donors (Lipinski definition) is 1. The van der Waals surface area contributed by atoms with Gasteiger partial charge < -0.3 is 5.32 Å². The van der Waals surface area contributed by atoms with Gasteiger partial charge in [0.1, 0.15) is 0 Å². The molecule has 0 atom stereocenters. The SMILES string of the molecule is CNCC(=O)c1cscc1Cl. The molecule has 0 spiro atoms. The van der Waals surface area contributed by atoms with E-state index in [1.807, 2.05) is 0 Å². The number of ketones is 1. The molecule has 0 aliphatic heterocycles. The molecule has 0 radical (unpaired) electrons. The first kappa shape index (κ1) is 8.71. The Morgan fingerprint density at radius 2 is 2.45 bits per heavy atom. The van der Waals surface area contributed by atoms with Crippen molar-refractivity contribution in [1.82, 2.24) is 5.32 Å². The minimum atomic E-state index is 0.0405. The average Bonchev–Trinajstić information content (AvgIpc) is 2.36. The summed E-state index contributed by atoms with van der Waals surface area (Å²) in [5.74, 6) is 0.0405. The third-order valence-electron chi connectivity index (χ3n) is 1.25. The number of carbonyl (C=O) groups is 1. The molecule has 1 aromatic rings. The molecule has 0 unspecified atom stereocenters. The first-order valence-corrected chi connectivity index (χ1v) is 4.47. The van der Waals surface area contributed by atoms with E-state index in [1.54, 1.807) is 17.8 Å². The highest BCUT2D eigenvalue weighted by Crippen LogP contribution is 2.20. The lowest BCUT2D eigenvalue weighted by Gasteiger charge is -1.95. The summed E-state index contributed by atoms with van der Waals surface area (Å²) in [5.41, 5.74) is 0.617. The van der Waals surface area contributed by atoms with E-state index < -0.39 is 0 Å². The van der Waals surface area contributed by atoms with Gasteiger partial charge in [0.05, 0.1) is 11.6 Å². The van der Waals surface area contributed by atoms with Crippen LogP contribution in [-0.2, 0) is 0 Å². The number of likely N-dealkylation sites (N-methyl/N-ethyl adjacent to an activating group) is 1. The van der Waals surface area contributed by atoms with E-state index in [-0.39, 0.29) is 5.78 Å². The molecule has 0 aliphatic carbocycles. The van der Waals surface area contributed by atoms with Crippen LogP contribution in [0.15, 0.2) is 10.8 Å². The van der Waals surface area contributed by atoms with Gasteiger partial charge in [-0.05, 0) is 7.05 Å². The van der Waals surface area contributed by atoms with Crippen molar-refractivity contribution in [2.75, 3.05) is 13.6 Å². The maximum Gasteiger partial charge on any atom is 0.178 e. The zero-order chi connectivity index (χ0) is 8.27. The van der Waals surface area contributed by atoms with E-state index in [2.05, 4.69) is 5.32 Å². The van der Waals surface area contributed by atoms with Crippen molar-refractivity contribution in [3.63, 3.8) is 0 Å². The number of carbonyl (C=O) groups excluding carboxylic acids is 1. The first-order chi connectivity index (χ1) is 5.25. The lowest BCUT2D eigenvalue weighted by molar-refractivity contribution is 0.0994. The maximum absolute atomic E-state index is 11.2. The van der Waals surface area contributed by atoms with Crippen molar-refractivity contribution < 1.29 is 4.79 Å². The molecule has 0 aromatic carbocycles. The Labute approximate surface area is 74.2 Å². The minimum absolute atomic E-state index is 0.0405. The monoisotopic (exact) mass is 189 g/mol. The van der Waals surface area contributed by atoms with Gasteiger partial charge >= 0.3 is 0 Å². The van der Waals surface area contributed by atoms with Crippen LogP contribution in [0.5, 0.6) is 0 Å². The number of nitrogens with one attached hydrogen (secondary N) is 1. The summed E-state index contributed by atoms with van der Waals surface area (Å²) in [5, 5.41) is 6.85. The van der Waals surface area contributed by atoms with Crippen LogP contribution in [0.1, 0.15) is 10.4 Å². The van der Waals surface area contributed by atoms with E-state index in [9.17, 15) is 4.79 Å². The Balaban J connectivity index is 2.76. The van der Waals surface area contributed by atoms with Crippen LogP contribution in [0.2, 0.25) is 5.02 Å². The molecule has 1 heterocycles. The van der Waals surface area contributed by atoms with Crippen molar-refractivity contribution >= 4 is 28.7 Å². The van der Waals surface area contributed by atoms with Crippen molar-refractivity contribution in [2.45, 2.75) is 0 Å². The van der Waals surface area contributed by atoms with Gasteiger partial charge in [-0.25, -0.2) is 0 Å². The van der Waals surface area contributed by atoms with Gasteiger partial charge in [0, 0.05) is 16.3 Å². The molecule has 0 fully saturated rings. The van der Waals surface area contributed by atoms with Gasteiger partial charge in [-0.1, -0.05) is 11.6 Å². The molecule has 2 nitrogen and oxygen atoms in total. The molecule has 0 amide bonds. The fraction of sp³-hybridized carbons (Fsp3) is 0.286. The summed E-state index contributed by atoms with van der Waals surface area (Å²) in [4.78, 5) is 11.2. The Hall–Kier alpha value is -0.380. The molecule has 4 heteroatoms. The molecule has 0 bridgehead atoms. The lowest BCUT2D eigenvalue weighted by Crippen LogP contribution is -2.18. The van der Waals surface area contributed by atoms with Crippen molar-refractivity contribution in [1.29, 1.82) is 0 Å². The second kappa shape index (κ2) is 3.85. The Morgan fingerprint density at radius 1 is 1.73 bits per heavy atom. The van der Waals surface area contributed by atoms with Gasteiger partial charge in [-0.3, -0.25) is 4.79 Å². The van der Waals surface area contributed by atoms with Crippen LogP contribution >= 0.6 is 22.9 Å². The highest BCUT2D eigenvalue weighted by Gasteiger charge is 2.08. The predicted octanol–water partition coefficient (Wildman–Crippen LogP) is 1.80. The number of thiophene rings is 1. The minimum Gasteiger partial charge on any atom is -0.313 e. The molecule has 0 saturated heterocycles. The van der Waals surface area contributed by atoms with Crippen molar-refractivity contribution in [3.8, 4) is 0 Å². The van der Waals surface area contributed by atoms with Crippen LogP contribution in [0.4, 0.5) is 0 Å². The fourth-order valence-electron chi connectivity index (χ4n) is 0.736. The van der Waals surface area contributed by atoms with Crippen molar-refractivity contribution in [3.05, 3.63) is 21.3 Å². The summed E-state index contributed by atoms with van der Waals surface area (Å²) in [7, 11) is 1.73. The zero-order valence-corrected chi connectivity index (χ0v) is 7.63. The van der Waals surface area contributed by atoms with E-state index in [0.29, 0.717) is 17.1 Å². The highest BCUT2D eigenvalue weighted by atomic mass is 35.5. The second-order valence-corrected chi connectivity index (χ2v) is 3.24. The average molecular weight is 190 g/mol. The molecule has 0 saturated carbocycles. The lowest BCUT2D eigenvalue weighted by atomic mass is 10.2. The van der Waals surface area contributed by atoms with Gasteiger partial charge in [0.25, 0.3) is 0 Å². The van der Waals surface area contributed by atoms with Crippen LogP contribution in [0, 0.1) is 0 Å². The van der Waals surface area contributed by atoms with E-state index >= 15 is 0 Å². The second-order valence-electron chi connectivity index (χ2n) is 2.09. The fourth-order valence-corrected chi connectivity index (χ4v) is 1.82. The van der Waals surface area contributed by atoms with E-state index in [4.69, 9.17) is 11.6 Å². The largest absolute Gasteiger partial charge is 0.313 e. The molecule has 1 aromatic heterocycles. The standard InChI is InChI=1S/C7H8ClNOS/c1-9-2-7(10)5-3-11-4-6(5)8/h3-4,9H,2H2,1H3. The molecule has 0 aliphatic rings. The van der Waals surface area contributed by atoms with Crippen LogP contribution < -0.4 is 5.32 Å². The number of rotatable bonds is 3. The van der Waals surface area contributed by atoms with Crippen LogP contribution in [0.25, 0.3) is 0 Å². The summed E-state index contributed by atoms with van der Waals surface area (Å²) in [6.07, 6.45) is 0. The van der Waals surface area contributed by atoms with E-state index in [1.165, 1.54) is 11.3 Å². The smallest absolute Gasteiger partial charge is 0.178 e. The van der Waals surface area contributed by atoms with Gasteiger partial charge in [-0.2, -0.15) is 11.3 Å². The first-order valence-electron chi connectivity index (χ1n) is 3.15. The molecule has 11 heavy (non-hydrogen) atoms. The summed E-state index contributed by atoms with van der Waals surface area (Å²) in [6.45, 7) is 0.344. The third kappa shape index (κ3) is 2.02. The molecule has 60 valence electrons. The van der Waals surface area contributed by atoms with Crippen molar-refractivity contribution in [2.24, 2.45) is 0 Å². The quantitative estimate of drug-likeness (QED) is 0.735. The normalized spacial score (nSPS) is 10.0. The van der Waals surface area contributed by atoms with Gasteiger partial charge in [-0.15, -0.1) is 0 Å². The summed E-state index contributed by atoms with van der Waals surface area (Å²) < 4.78 is 0. The Kier molecular flexibility index (Phi) is 3.05. The summed E-state index contributed by atoms with van der Waals surface area (Å²) in [6, 6.07) is 0. The Bertz CT molecular complexity index is 259. The third-order valence-corrected chi connectivity index (χ3v) is 2.44.